The second kappa shape index (κ2) is 4.98. The highest BCUT2D eigenvalue weighted by molar-refractivity contribution is 9.10. The fourth-order valence-corrected chi connectivity index (χ4v) is 2.67. The Bertz CT molecular complexity index is 643. The molecule has 0 radical (unpaired) electrons. The zero-order chi connectivity index (χ0) is 13.4. The molecule has 0 amide bonds. The van der Waals surface area contributed by atoms with Gasteiger partial charge < -0.3 is 5.32 Å². The zero-order valence-electron chi connectivity index (χ0n) is 10.5. The van der Waals surface area contributed by atoms with E-state index in [4.69, 9.17) is 0 Å². The minimum atomic E-state index is -0.276. The molecule has 5 heteroatoms. The summed E-state index contributed by atoms with van der Waals surface area (Å²) in [5, 5.41) is 3.29. The summed E-state index contributed by atoms with van der Waals surface area (Å²) in [6.07, 6.45) is 0.877. The lowest BCUT2D eigenvalue weighted by Crippen LogP contribution is -2.02. The van der Waals surface area contributed by atoms with Gasteiger partial charge in [0.15, 0.2) is 5.82 Å². The Morgan fingerprint density at radius 3 is 2.89 bits per heavy atom. The van der Waals surface area contributed by atoms with Crippen molar-refractivity contribution in [3.63, 3.8) is 0 Å². The van der Waals surface area contributed by atoms with Gasteiger partial charge in [-0.2, -0.15) is 0 Å². The Kier molecular flexibility index (Phi) is 3.33. The van der Waals surface area contributed by atoms with Crippen molar-refractivity contribution in [2.24, 2.45) is 0 Å². The van der Waals surface area contributed by atoms with Gasteiger partial charge in [0, 0.05) is 29.9 Å². The fourth-order valence-electron chi connectivity index (χ4n) is 2.30. The molecule has 0 saturated carbocycles. The zero-order valence-corrected chi connectivity index (χ0v) is 12.1. The lowest BCUT2D eigenvalue weighted by atomic mass is 10.1. The van der Waals surface area contributed by atoms with Crippen LogP contribution >= 0.6 is 15.9 Å². The van der Waals surface area contributed by atoms with Crippen molar-refractivity contribution < 1.29 is 4.39 Å². The van der Waals surface area contributed by atoms with Gasteiger partial charge in [0.05, 0.1) is 10.2 Å². The Labute approximate surface area is 119 Å². The summed E-state index contributed by atoms with van der Waals surface area (Å²) in [5.41, 5.74) is 4.18. The third-order valence-corrected chi connectivity index (χ3v) is 3.89. The summed E-state index contributed by atoms with van der Waals surface area (Å²) in [5.74, 6) is 0.391. The number of rotatable bonds is 2. The number of benzene rings is 1. The van der Waals surface area contributed by atoms with Crippen LogP contribution in [0.3, 0.4) is 0 Å². The maximum absolute atomic E-state index is 13.3. The van der Waals surface area contributed by atoms with E-state index >= 15 is 0 Å². The number of aromatic nitrogens is 2. The average molecular weight is 322 g/mol. The van der Waals surface area contributed by atoms with Crippen molar-refractivity contribution >= 4 is 15.9 Å². The molecule has 2 heterocycles. The molecule has 0 bridgehead atoms. The molecule has 0 spiro atoms. The molecule has 1 aliphatic heterocycles. The van der Waals surface area contributed by atoms with Crippen LogP contribution in [0.2, 0.25) is 0 Å². The normalized spacial score (nSPS) is 13.6. The number of hydrogen-bond acceptors (Lipinski definition) is 3. The Balaban J connectivity index is 2.12. The highest BCUT2D eigenvalue weighted by Crippen LogP contribution is 2.26. The molecule has 3 rings (SSSR count). The van der Waals surface area contributed by atoms with Crippen LogP contribution in [0.5, 0.6) is 0 Å². The number of halogens is 2. The highest BCUT2D eigenvalue weighted by Gasteiger charge is 2.18. The lowest BCUT2D eigenvalue weighted by molar-refractivity contribution is 0.621. The summed E-state index contributed by atoms with van der Waals surface area (Å²) in [6, 6.07) is 4.86. The van der Waals surface area contributed by atoms with E-state index in [0.29, 0.717) is 10.3 Å². The number of nitrogens with zero attached hydrogens (tertiary/aromatic N) is 2. The predicted octanol–water partition coefficient (Wildman–Crippen LogP) is 3.21. The van der Waals surface area contributed by atoms with Crippen molar-refractivity contribution in [3.8, 4) is 11.4 Å². The molecule has 3 nitrogen and oxygen atoms in total. The molecule has 2 aromatic rings. The van der Waals surface area contributed by atoms with Crippen molar-refractivity contribution in [1.29, 1.82) is 0 Å². The number of nitrogens with one attached hydrogen (secondary N) is 1. The maximum atomic E-state index is 13.3. The van der Waals surface area contributed by atoms with Crippen molar-refractivity contribution in [3.05, 3.63) is 45.4 Å². The highest BCUT2D eigenvalue weighted by atomic mass is 79.9. The van der Waals surface area contributed by atoms with Gasteiger partial charge in [-0.3, -0.25) is 0 Å². The van der Waals surface area contributed by atoms with E-state index in [1.807, 2.05) is 0 Å². The van der Waals surface area contributed by atoms with E-state index < -0.39 is 0 Å². The smallest absolute Gasteiger partial charge is 0.159 e. The topological polar surface area (TPSA) is 37.8 Å². The quantitative estimate of drug-likeness (QED) is 0.923. The van der Waals surface area contributed by atoms with Gasteiger partial charge in [-0.1, -0.05) is 6.92 Å². The van der Waals surface area contributed by atoms with E-state index in [0.717, 1.165) is 36.5 Å². The number of fused-ring (bicyclic) bond motifs is 1. The molecule has 1 aromatic carbocycles. The Morgan fingerprint density at radius 1 is 1.32 bits per heavy atom. The second-order valence-corrected chi connectivity index (χ2v) is 5.36. The lowest BCUT2D eigenvalue weighted by Gasteiger charge is -2.08. The van der Waals surface area contributed by atoms with E-state index in [9.17, 15) is 4.39 Å². The van der Waals surface area contributed by atoms with Crippen LogP contribution in [0.25, 0.3) is 11.4 Å². The Hall–Kier alpha value is -1.33. The average Bonchev–Trinajstić information content (AvgIpc) is 2.89. The summed E-state index contributed by atoms with van der Waals surface area (Å²) in [4.78, 5) is 9.20. The van der Waals surface area contributed by atoms with Crippen LogP contribution in [0.15, 0.2) is 22.7 Å². The van der Waals surface area contributed by atoms with E-state index in [1.54, 1.807) is 12.1 Å². The summed E-state index contributed by atoms with van der Waals surface area (Å²) in [6.45, 7) is 3.71. The molecule has 1 N–H and O–H groups in total. The molecule has 0 fully saturated rings. The molecule has 19 heavy (non-hydrogen) atoms. The first-order valence-corrected chi connectivity index (χ1v) is 7.03. The van der Waals surface area contributed by atoms with Gasteiger partial charge in [0.2, 0.25) is 0 Å². The standard InChI is InChI=1S/C14H13BrFN3/c1-2-12-9-6-17-7-13(9)19-14(18-12)8-3-4-11(16)10(15)5-8/h3-5,17H,2,6-7H2,1H3. The summed E-state index contributed by atoms with van der Waals surface area (Å²) in [7, 11) is 0. The van der Waals surface area contributed by atoms with Gasteiger partial charge in [-0.05, 0) is 40.5 Å². The van der Waals surface area contributed by atoms with E-state index in [1.165, 1.54) is 11.6 Å². The SMILES string of the molecule is CCc1nc(-c2ccc(F)c(Br)c2)nc2c1CNC2. The number of aryl methyl sites for hydroxylation is 1. The van der Waals surface area contributed by atoms with Crippen LogP contribution in [0.1, 0.15) is 23.9 Å². The summed E-state index contributed by atoms with van der Waals surface area (Å²) >= 11 is 3.20. The number of hydrogen-bond donors (Lipinski definition) is 1. The second-order valence-electron chi connectivity index (χ2n) is 4.51. The Morgan fingerprint density at radius 2 is 2.16 bits per heavy atom. The van der Waals surface area contributed by atoms with Crippen LogP contribution in [-0.4, -0.2) is 9.97 Å². The molecular weight excluding hydrogens is 309 g/mol. The summed E-state index contributed by atoms with van der Waals surface area (Å²) < 4.78 is 13.7. The first-order valence-electron chi connectivity index (χ1n) is 6.24. The van der Waals surface area contributed by atoms with Gasteiger partial charge >= 0.3 is 0 Å². The largest absolute Gasteiger partial charge is 0.307 e. The van der Waals surface area contributed by atoms with Crippen LogP contribution in [0.4, 0.5) is 4.39 Å². The predicted molar refractivity (Wildman–Crippen MR) is 75.0 cm³/mol. The molecule has 1 aliphatic rings. The molecular formula is C14H13BrFN3. The van der Waals surface area contributed by atoms with Crippen LogP contribution < -0.4 is 5.32 Å². The molecule has 98 valence electrons. The third kappa shape index (κ3) is 2.28. The molecule has 0 saturated heterocycles. The van der Waals surface area contributed by atoms with Gasteiger partial charge in [-0.25, -0.2) is 14.4 Å². The first kappa shape index (κ1) is 12.7. The van der Waals surface area contributed by atoms with Gasteiger partial charge in [-0.15, -0.1) is 0 Å². The minimum Gasteiger partial charge on any atom is -0.307 e. The molecule has 1 aromatic heterocycles. The first-order chi connectivity index (χ1) is 9.19. The van der Waals surface area contributed by atoms with E-state index in [-0.39, 0.29) is 5.82 Å². The van der Waals surface area contributed by atoms with E-state index in [2.05, 4.69) is 38.1 Å². The van der Waals surface area contributed by atoms with Crippen LogP contribution in [0, 0.1) is 5.82 Å². The molecule has 0 atom stereocenters. The van der Waals surface area contributed by atoms with Crippen molar-refractivity contribution in [2.75, 3.05) is 0 Å². The monoisotopic (exact) mass is 321 g/mol. The fraction of sp³-hybridized carbons (Fsp3) is 0.286. The maximum Gasteiger partial charge on any atom is 0.159 e. The molecule has 0 aliphatic carbocycles. The van der Waals surface area contributed by atoms with Gasteiger partial charge in [0.1, 0.15) is 5.82 Å². The van der Waals surface area contributed by atoms with Crippen LogP contribution in [-0.2, 0) is 19.5 Å². The minimum absolute atomic E-state index is 0.276. The third-order valence-electron chi connectivity index (χ3n) is 3.29. The van der Waals surface area contributed by atoms with Crippen molar-refractivity contribution in [2.45, 2.75) is 26.4 Å². The molecule has 0 unspecified atom stereocenters. The van der Waals surface area contributed by atoms with Crippen molar-refractivity contribution in [1.82, 2.24) is 15.3 Å². The van der Waals surface area contributed by atoms with Gasteiger partial charge in [0.25, 0.3) is 0 Å².